The van der Waals surface area contributed by atoms with E-state index in [-0.39, 0.29) is 11.5 Å². The Morgan fingerprint density at radius 2 is 2.00 bits per heavy atom. The summed E-state index contributed by atoms with van der Waals surface area (Å²) in [5.74, 6) is 0. The first-order valence-electron chi connectivity index (χ1n) is 7.94. The number of hydrogen-bond acceptors (Lipinski definition) is 3. The Bertz CT molecular complexity index is 399. The van der Waals surface area contributed by atoms with Gasteiger partial charge in [-0.3, -0.25) is 0 Å². The maximum atomic E-state index is 12.6. The van der Waals surface area contributed by atoms with Gasteiger partial charge in [-0.05, 0) is 44.6 Å². The zero-order valence-electron chi connectivity index (χ0n) is 12.8. The summed E-state index contributed by atoms with van der Waals surface area (Å²) in [4.78, 5) is 0. The third-order valence-corrected chi connectivity index (χ3v) is 6.72. The SMILES string of the molecule is CCC1(CNS(=O)(=O)N2CCCCC2CNC)CCC1. The minimum atomic E-state index is -3.33. The highest BCUT2D eigenvalue weighted by Crippen LogP contribution is 2.43. The van der Waals surface area contributed by atoms with Crippen LogP contribution in [0.4, 0.5) is 0 Å². The van der Waals surface area contributed by atoms with Crippen LogP contribution in [0, 0.1) is 5.41 Å². The average Bonchev–Trinajstić information content (AvgIpc) is 2.39. The van der Waals surface area contributed by atoms with Gasteiger partial charge in [0.1, 0.15) is 0 Å². The van der Waals surface area contributed by atoms with Gasteiger partial charge in [0.25, 0.3) is 10.2 Å². The van der Waals surface area contributed by atoms with E-state index in [2.05, 4.69) is 17.0 Å². The zero-order chi connectivity index (χ0) is 14.6. The molecule has 2 N–H and O–H groups in total. The molecule has 2 fully saturated rings. The largest absolute Gasteiger partial charge is 0.318 e. The Labute approximate surface area is 123 Å². The van der Waals surface area contributed by atoms with Gasteiger partial charge in [0.05, 0.1) is 0 Å². The van der Waals surface area contributed by atoms with E-state index in [0.29, 0.717) is 13.1 Å². The molecule has 1 unspecified atom stereocenters. The quantitative estimate of drug-likeness (QED) is 0.749. The Balaban J connectivity index is 1.97. The minimum Gasteiger partial charge on any atom is -0.318 e. The third-order valence-electron chi connectivity index (χ3n) is 5.12. The normalized spacial score (nSPS) is 27.2. The molecular weight excluding hydrogens is 274 g/mol. The van der Waals surface area contributed by atoms with Gasteiger partial charge in [0, 0.05) is 25.7 Å². The van der Waals surface area contributed by atoms with Crippen molar-refractivity contribution in [2.45, 2.75) is 57.9 Å². The van der Waals surface area contributed by atoms with E-state index in [1.54, 1.807) is 4.31 Å². The molecule has 2 rings (SSSR count). The predicted molar refractivity (Wildman–Crippen MR) is 81.8 cm³/mol. The highest BCUT2D eigenvalue weighted by molar-refractivity contribution is 7.87. The van der Waals surface area contributed by atoms with Crippen molar-refractivity contribution < 1.29 is 8.42 Å². The lowest BCUT2D eigenvalue weighted by Crippen LogP contribution is -2.54. The number of hydrogen-bond donors (Lipinski definition) is 2. The van der Waals surface area contributed by atoms with Gasteiger partial charge in [0.2, 0.25) is 0 Å². The van der Waals surface area contributed by atoms with Gasteiger partial charge in [0.15, 0.2) is 0 Å². The molecule has 0 spiro atoms. The van der Waals surface area contributed by atoms with E-state index in [1.165, 1.54) is 6.42 Å². The Hall–Kier alpha value is -0.170. The second-order valence-electron chi connectivity index (χ2n) is 6.35. The van der Waals surface area contributed by atoms with Crippen LogP contribution in [0.25, 0.3) is 0 Å². The van der Waals surface area contributed by atoms with Gasteiger partial charge in [-0.2, -0.15) is 12.7 Å². The summed E-state index contributed by atoms with van der Waals surface area (Å²) in [6, 6.07) is 0.102. The highest BCUT2D eigenvalue weighted by atomic mass is 32.2. The lowest BCUT2D eigenvalue weighted by molar-refractivity contribution is 0.131. The molecule has 0 amide bonds. The van der Waals surface area contributed by atoms with E-state index in [4.69, 9.17) is 0 Å². The van der Waals surface area contributed by atoms with Gasteiger partial charge in [-0.1, -0.05) is 19.8 Å². The smallest absolute Gasteiger partial charge is 0.279 e. The number of piperidine rings is 1. The van der Waals surface area contributed by atoms with Crippen LogP contribution in [0.2, 0.25) is 0 Å². The summed E-state index contributed by atoms with van der Waals surface area (Å²) in [6.45, 7) is 4.16. The van der Waals surface area contributed by atoms with Crippen LogP contribution in [0.5, 0.6) is 0 Å². The summed E-state index contributed by atoms with van der Waals surface area (Å²) in [7, 11) is -1.45. The van der Waals surface area contributed by atoms with Crippen LogP contribution in [-0.4, -0.2) is 45.4 Å². The molecule has 6 heteroatoms. The summed E-state index contributed by atoms with van der Waals surface area (Å²) in [5.41, 5.74) is 0.224. The van der Waals surface area contributed by atoms with Gasteiger partial charge in [-0.15, -0.1) is 0 Å². The van der Waals surface area contributed by atoms with Gasteiger partial charge >= 0.3 is 0 Å². The van der Waals surface area contributed by atoms with E-state index in [0.717, 1.165) is 45.1 Å². The zero-order valence-corrected chi connectivity index (χ0v) is 13.6. The van der Waals surface area contributed by atoms with Crippen molar-refractivity contribution >= 4 is 10.2 Å². The molecule has 1 aliphatic carbocycles. The third kappa shape index (κ3) is 3.53. The van der Waals surface area contributed by atoms with Crippen molar-refractivity contribution in [1.82, 2.24) is 14.3 Å². The number of likely N-dealkylation sites (N-methyl/N-ethyl adjacent to an activating group) is 1. The van der Waals surface area contributed by atoms with Crippen LogP contribution in [-0.2, 0) is 10.2 Å². The maximum absolute atomic E-state index is 12.6. The molecule has 118 valence electrons. The lowest BCUT2D eigenvalue weighted by Gasteiger charge is -2.42. The standard InChI is InChI=1S/C14H29N3O2S/c1-3-14(8-6-9-14)12-16-20(18,19)17-10-5-4-7-13(17)11-15-2/h13,15-16H,3-12H2,1-2H3. The second kappa shape index (κ2) is 6.73. The van der Waals surface area contributed by atoms with E-state index < -0.39 is 10.2 Å². The molecule has 0 aromatic heterocycles. The molecule has 0 aromatic carbocycles. The van der Waals surface area contributed by atoms with Crippen LogP contribution < -0.4 is 10.0 Å². The summed E-state index contributed by atoms with van der Waals surface area (Å²) in [6.07, 6.45) is 7.67. The molecule has 1 saturated carbocycles. The van der Waals surface area contributed by atoms with Crippen LogP contribution in [0.1, 0.15) is 51.9 Å². The molecule has 1 heterocycles. The monoisotopic (exact) mass is 303 g/mol. The first kappa shape index (κ1) is 16.2. The van der Waals surface area contributed by atoms with Crippen molar-refractivity contribution in [2.24, 2.45) is 5.41 Å². The molecule has 0 bridgehead atoms. The summed E-state index contributed by atoms with van der Waals surface area (Å²) < 4.78 is 29.7. The Kier molecular flexibility index (Phi) is 5.45. The number of nitrogens with zero attached hydrogens (tertiary/aromatic N) is 1. The molecular formula is C14H29N3O2S. The molecule has 0 radical (unpaired) electrons. The lowest BCUT2D eigenvalue weighted by atomic mass is 9.67. The van der Waals surface area contributed by atoms with E-state index in [1.807, 2.05) is 7.05 Å². The highest BCUT2D eigenvalue weighted by Gasteiger charge is 2.38. The van der Waals surface area contributed by atoms with Gasteiger partial charge < -0.3 is 5.32 Å². The van der Waals surface area contributed by atoms with Crippen molar-refractivity contribution in [3.05, 3.63) is 0 Å². The van der Waals surface area contributed by atoms with E-state index in [9.17, 15) is 8.42 Å². The fourth-order valence-corrected chi connectivity index (χ4v) is 4.99. The fourth-order valence-electron chi connectivity index (χ4n) is 3.39. The first-order valence-corrected chi connectivity index (χ1v) is 9.38. The molecule has 1 aliphatic heterocycles. The summed E-state index contributed by atoms with van der Waals surface area (Å²) in [5, 5.41) is 3.11. The summed E-state index contributed by atoms with van der Waals surface area (Å²) >= 11 is 0. The molecule has 1 atom stereocenters. The topological polar surface area (TPSA) is 61.4 Å². The van der Waals surface area contributed by atoms with Crippen molar-refractivity contribution in [1.29, 1.82) is 0 Å². The molecule has 2 aliphatic rings. The number of rotatable bonds is 7. The molecule has 20 heavy (non-hydrogen) atoms. The maximum Gasteiger partial charge on any atom is 0.279 e. The van der Waals surface area contributed by atoms with Crippen LogP contribution >= 0.6 is 0 Å². The van der Waals surface area contributed by atoms with Crippen LogP contribution in [0.3, 0.4) is 0 Å². The van der Waals surface area contributed by atoms with Crippen molar-refractivity contribution in [2.75, 3.05) is 26.7 Å². The molecule has 1 saturated heterocycles. The Morgan fingerprint density at radius 3 is 2.55 bits per heavy atom. The molecule has 0 aromatic rings. The molecule has 5 nitrogen and oxygen atoms in total. The van der Waals surface area contributed by atoms with Crippen molar-refractivity contribution in [3.8, 4) is 0 Å². The fraction of sp³-hybridized carbons (Fsp3) is 1.00. The number of nitrogens with one attached hydrogen (secondary N) is 2. The first-order chi connectivity index (χ1) is 9.53. The van der Waals surface area contributed by atoms with Crippen LogP contribution in [0.15, 0.2) is 0 Å². The minimum absolute atomic E-state index is 0.102. The average molecular weight is 303 g/mol. The predicted octanol–water partition coefficient (Wildman–Crippen LogP) is 1.47. The van der Waals surface area contributed by atoms with Crippen molar-refractivity contribution in [3.63, 3.8) is 0 Å². The van der Waals surface area contributed by atoms with E-state index >= 15 is 0 Å². The Morgan fingerprint density at radius 1 is 1.25 bits per heavy atom. The van der Waals surface area contributed by atoms with Gasteiger partial charge in [-0.25, -0.2) is 4.72 Å². The second-order valence-corrected chi connectivity index (χ2v) is 8.06.